The molecule has 1 atom stereocenters. The van der Waals surface area contributed by atoms with Crippen LogP contribution in [0.5, 0.6) is 5.75 Å². The molecule has 1 aliphatic carbocycles. The molecule has 2 N–H and O–H groups in total. The van der Waals surface area contributed by atoms with Crippen molar-refractivity contribution in [2.24, 2.45) is 5.92 Å². The molecule has 2 aromatic rings. The molecular formula is C25H30F7N5O3S. The molecule has 8 nitrogen and oxygen atoms in total. The first-order chi connectivity index (χ1) is 19.2. The van der Waals surface area contributed by atoms with Crippen molar-refractivity contribution >= 4 is 21.7 Å². The van der Waals surface area contributed by atoms with Crippen molar-refractivity contribution in [2.75, 3.05) is 29.1 Å². The molecule has 1 saturated carbocycles. The summed E-state index contributed by atoms with van der Waals surface area (Å²) >= 11 is 0. The largest absolute Gasteiger partial charge is 0.573 e. The lowest BCUT2D eigenvalue weighted by molar-refractivity contribution is -0.274. The van der Waals surface area contributed by atoms with Gasteiger partial charge in [-0.15, -0.1) is 13.2 Å². The van der Waals surface area contributed by atoms with Gasteiger partial charge >= 0.3 is 12.5 Å². The molecule has 0 radical (unpaired) electrons. The molecular weight excluding hydrogens is 583 g/mol. The highest BCUT2D eigenvalue weighted by molar-refractivity contribution is 7.89. The lowest BCUT2D eigenvalue weighted by atomic mass is 9.86. The summed E-state index contributed by atoms with van der Waals surface area (Å²) in [6.45, 7) is 0.798. The number of rotatable bonds is 9. The molecule has 41 heavy (non-hydrogen) atoms. The first kappa shape index (κ1) is 31.1. The first-order valence-corrected chi connectivity index (χ1v) is 14.8. The Kier molecular flexibility index (Phi) is 9.51. The van der Waals surface area contributed by atoms with E-state index in [2.05, 4.69) is 24.7 Å². The molecule has 4 rings (SSSR count). The predicted octanol–water partition coefficient (Wildman–Crippen LogP) is 5.70. The Hall–Kier alpha value is -2.88. The maximum Gasteiger partial charge on any atom is 0.573 e. The van der Waals surface area contributed by atoms with E-state index in [4.69, 9.17) is 0 Å². The fourth-order valence-electron chi connectivity index (χ4n) is 5.34. The van der Waals surface area contributed by atoms with Crippen LogP contribution in [-0.4, -0.2) is 55.8 Å². The van der Waals surface area contributed by atoms with Crippen LogP contribution in [0.4, 0.5) is 42.4 Å². The van der Waals surface area contributed by atoms with E-state index in [1.165, 1.54) is 30.6 Å². The maximum atomic E-state index is 15.6. The summed E-state index contributed by atoms with van der Waals surface area (Å²) in [7, 11) is -4.48. The van der Waals surface area contributed by atoms with Gasteiger partial charge in [-0.05, 0) is 68.6 Å². The van der Waals surface area contributed by atoms with E-state index in [-0.39, 0.29) is 29.3 Å². The van der Waals surface area contributed by atoms with Gasteiger partial charge in [-0.25, -0.2) is 23.1 Å². The second-order valence-corrected chi connectivity index (χ2v) is 12.0. The molecule has 16 heteroatoms. The second-order valence-electron chi connectivity index (χ2n) is 10.3. The van der Waals surface area contributed by atoms with Gasteiger partial charge in [0.1, 0.15) is 12.1 Å². The van der Waals surface area contributed by atoms with Crippen molar-refractivity contribution < 1.29 is 43.9 Å². The van der Waals surface area contributed by atoms with Gasteiger partial charge < -0.3 is 15.0 Å². The second kappa shape index (κ2) is 12.5. The maximum absolute atomic E-state index is 15.6. The molecule has 0 bridgehead atoms. The van der Waals surface area contributed by atoms with Crippen LogP contribution < -0.4 is 19.7 Å². The Morgan fingerprint density at radius 1 is 0.951 bits per heavy atom. The van der Waals surface area contributed by atoms with E-state index in [0.29, 0.717) is 50.8 Å². The minimum Gasteiger partial charge on any atom is -0.406 e. The molecule has 1 aromatic carbocycles. The average molecular weight is 614 g/mol. The zero-order chi connectivity index (χ0) is 29.8. The third-order valence-corrected chi connectivity index (χ3v) is 8.55. The van der Waals surface area contributed by atoms with Gasteiger partial charge in [0.05, 0.1) is 6.04 Å². The van der Waals surface area contributed by atoms with E-state index in [0.717, 1.165) is 12.8 Å². The van der Waals surface area contributed by atoms with Gasteiger partial charge in [0, 0.05) is 19.1 Å². The molecule has 0 spiro atoms. The summed E-state index contributed by atoms with van der Waals surface area (Å²) in [6, 6.07) is 4.55. The Bertz CT molecular complexity index is 1270. The van der Waals surface area contributed by atoms with Crippen molar-refractivity contribution in [3.05, 3.63) is 42.0 Å². The smallest absolute Gasteiger partial charge is 0.406 e. The van der Waals surface area contributed by atoms with E-state index >= 15 is 4.39 Å². The van der Waals surface area contributed by atoms with Gasteiger partial charge in [-0.3, -0.25) is 0 Å². The van der Waals surface area contributed by atoms with Crippen LogP contribution in [0.2, 0.25) is 0 Å². The molecule has 1 saturated heterocycles. The first-order valence-electron chi connectivity index (χ1n) is 13.1. The number of nitrogens with zero attached hydrogens (tertiary/aromatic N) is 3. The van der Waals surface area contributed by atoms with E-state index in [1.807, 2.05) is 0 Å². The van der Waals surface area contributed by atoms with Crippen molar-refractivity contribution in [2.45, 2.75) is 69.6 Å². The number of hydrogen-bond donors (Lipinski definition) is 2. The van der Waals surface area contributed by atoms with Gasteiger partial charge in [0.15, 0.2) is 17.4 Å². The summed E-state index contributed by atoms with van der Waals surface area (Å²) < 4.78 is 120. The topological polar surface area (TPSA) is 96.5 Å². The Morgan fingerprint density at radius 3 is 2.27 bits per heavy atom. The summed E-state index contributed by atoms with van der Waals surface area (Å²) in [4.78, 5) is 9.93. The number of halogens is 7. The summed E-state index contributed by atoms with van der Waals surface area (Å²) in [5.41, 5.74) is 0.689. The van der Waals surface area contributed by atoms with E-state index < -0.39 is 40.2 Å². The summed E-state index contributed by atoms with van der Waals surface area (Å²) in [5.74, 6) is -2.89. The fourth-order valence-corrected chi connectivity index (χ4v) is 6.60. The zero-order valence-electron chi connectivity index (χ0n) is 21.8. The van der Waals surface area contributed by atoms with Crippen molar-refractivity contribution in [1.29, 1.82) is 0 Å². The van der Waals surface area contributed by atoms with Crippen LogP contribution in [0, 0.1) is 11.7 Å². The van der Waals surface area contributed by atoms with E-state index in [9.17, 15) is 34.8 Å². The summed E-state index contributed by atoms with van der Waals surface area (Å²) in [6.07, 6.45) is -4.41. The van der Waals surface area contributed by atoms with Gasteiger partial charge in [0.25, 0.3) is 0 Å². The fraction of sp³-hybridized carbons (Fsp3) is 0.600. The average Bonchev–Trinajstić information content (AvgIpc) is 2.87. The number of piperidine rings is 1. The molecule has 2 aliphatic rings. The quantitative estimate of drug-likeness (QED) is 0.351. The molecule has 1 aromatic heterocycles. The third-order valence-electron chi connectivity index (χ3n) is 7.15. The number of sulfonamides is 1. The van der Waals surface area contributed by atoms with Crippen molar-refractivity contribution in [3.63, 3.8) is 0 Å². The van der Waals surface area contributed by atoms with Crippen LogP contribution >= 0.6 is 0 Å². The number of nitrogens with one attached hydrogen (secondary N) is 2. The van der Waals surface area contributed by atoms with Gasteiger partial charge in [-0.1, -0.05) is 12.1 Å². The van der Waals surface area contributed by atoms with Crippen LogP contribution in [0.25, 0.3) is 0 Å². The minimum absolute atomic E-state index is 0.0244. The molecule has 1 unspecified atom stereocenters. The molecule has 228 valence electrons. The lowest BCUT2D eigenvalue weighted by Crippen LogP contribution is -2.42. The van der Waals surface area contributed by atoms with Crippen LogP contribution in [-0.2, 0) is 10.0 Å². The monoisotopic (exact) mass is 613 g/mol. The zero-order valence-corrected chi connectivity index (χ0v) is 22.6. The van der Waals surface area contributed by atoms with Crippen molar-refractivity contribution in [3.8, 4) is 5.75 Å². The van der Waals surface area contributed by atoms with Crippen LogP contribution in [0.1, 0.15) is 56.6 Å². The Balaban J connectivity index is 1.36. The molecule has 0 amide bonds. The highest BCUT2D eigenvalue weighted by Crippen LogP contribution is 2.37. The minimum atomic E-state index is -4.82. The standard InChI is InChI=1S/C25H30F7N5O3S/c26-21-22(33-13-16-4-8-18(9-5-16)36-41(38,39)14-24(27,28)29)34-15-35-23(21)37-12-2-1-3-20(37)17-6-10-19(11-7-17)40-25(30,31)32/h6-7,10-11,15-16,18,20,36H,1-5,8-9,12-14H2,(H,33,34,35). The SMILES string of the molecule is O=S(=O)(CC(F)(F)F)NC1CCC(CNc2ncnc(N3CCCCC3c3ccc(OC(F)(F)F)cc3)c2F)CC1. The Labute approximate surface area is 232 Å². The highest BCUT2D eigenvalue weighted by Gasteiger charge is 2.37. The normalized spacial score (nSPS) is 22.4. The Morgan fingerprint density at radius 2 is 1.63 bits per heavy atom. The number of anilines is 2. The number of ether oxygens (including phenoxy) is 1. The number of alkyl halides is 6. The van der Waals surface area contributed by atoms with Crippen LogP contribution in [0.3, 0.4) is 0 Å². The van der Waals surface area contributed by atoms with Crippen LogP contribution in [0.15, 0.2) is 30.6 Å². The van der Waals surface area contributed by atoms with Gasteiger partial charge in [-0.2, -0.15) is 17.6 Å². The number of hydrogen-bond acceptors (Lipinski definition) is 7. The molecule has 2 fully saturated rings. The predicted molar refractivity (Wildman–Crippen MR) is 136 cm³/mol. The van der Waals surface area contributed by atoms with Crippen molar-refractivity contribution in [1.82, 2.24) is 14.7 Å². The highest BCUT2D eigenvalue weighted by atomic mass is 32.2. The lowest BCUT2D eigenvalue weighted by Gasteiger charge is -2.37. The molecule has 2 heterocycles. The summed E-state index contributed by atoms with van der Waals surface area (Å²) in [5, 5.41) is 2.98. The number of aromatic nitrogens is 2. The number of benzene rings is 1. The molecule has 1 aliphatic heterocycles. The van der Waals surface area contributed by atoms with E-state index in [1.54, 1.807) is 4.90 Å². The third kappa shape index (κ3) is 9.05. The van der Waals surface area contributed by atoms with Gasteiger partial charge in [0.2, 0.25) is 15.8 Å².